The third-order valence-electron chi connectivity index (χ3n) is 6.03. The highest BCUT2D eigenvalue weighted by Crippen LogP contribution is 2.39. The van der Waals surface area contributed by atoms with Gasteiger partial charge in [0.2, 0.25) is 0 Å². The largest absolute Gasteiger partial charge is 0.496 e. The zero-order chi connectivity index (χ0) is 29.0. The monoisotopic (exact) mass is 550 g/mol. The molecule has 8 nitrogen and oxygen atoms in total. The summed E-state index contributed by atoms with van der Waals surface area (Å²) in [6.45, 7) is 4.02. The molecule has 41 heavy (non-hydrogen) atoms. The number of aromatic nitrogens is 2. The van der Waals surface area contributed by atoms with E-state index in [4.69, 9.17) is 18.9 Å². The Kier molecular flexibility index (Phi) is 9.98. The van der Waals surface area contributed by atoms with E-state index in [2.05, 4.69) is 16.5 Å². The lowest BCUT2D eigenvalue weighted by Gasteiger charge is -2.18. The second-order valence-electron chi connectivity index (χ2n) is 8.82. The Bertz CT molecular complexity index is 1440. The van der Waals surface area contributed by atoms with Crippen LogP contribution in [-0.2, 0) is 22.8 Å². The highest BCUT2D eigenvalue weighted by Gasteiger charge is 2.19. The number of carbonyl (C=O) groups is 2. The van der Waals surface area contributed by atoms with E-state index in [1.807, 2.05) is 36.4 Å². The lowest BCUT2D eigenvalue weighted by Crippen LogP contribution is -2.05. The fraction of sp³-hybridized carbons (Fsp3) is 0.152. The van der Waals surface area contributed by atoms with Crippen molar-refractivity contribution < 1.29 is 28.5 Å². The van der Waals surface area contributed by atoms with E-state index in [1.165, 1.54) is 20.3 Å². The van der Waals surface area contributed by atoms with Gasteiger partial charge in [-0.15, -0.1) is 0 Å². The van der Waals surface area contributed by atoms with Gasteiger partial charge in [0.05, 0.1) is 32.0 Å². The van der Waals surface area contributed by atoms with Crippen molar-refractivity contribution in [2.24, 2.45) is 0 Å². The second-order valence-corrected chi connectivity index (χ2v) is 8.82. The van der Waals surface area contributed by atoms with Gasteiger partial charge in [0, 0.05) is 35.7 Å². The molecular weight excluding hydrogens is 520 g/mol. The van der Waals surface area contributed by atoms with Crippen LogP contribution in [0.2, 0.25) is 0 Å². The van der Waals surface area contributed by atoms with E-state index >= 15 is 0 Å². The fourth-order valence-corrected chi connectivity index (χ4v) is 4.01. The molecule has 0 bridgehead atoms. The summed E-state index contributed by atoms with van der Waals surface area (Å²) < 4.78 is 23.2. The third kappa shape index (κ3) is 7.89. The molecule has 0 fully saturated rings. The van der Waals surface area contributed by atoms with Crippen molar-refractivity contribution in [3.63, 3.8) is 0 Å². The first-order chi connectivity index (χ1) is 20.0. The van der Waals surface area contributed by atoms with E-state index in [0.29, 0.717) is 39.7 Å². The van der Waals surface area contributed by atoms with Gasteiger partial charge in [-0.25, -0.2) is 0 Å². The van der Waals surface area contributed by atoms with Crippen LogP contribution in [-0.4, -0.2) is 35.8 Å². The molecule has 0 atom stereocenters. The maximum Gasteiger partial charge on any atom is 0.164 e. The number of hydrogen-bond donors (Lipinski definition) is 0. The lowest BCUT2D eigenvalue weighted by molar-refractivity contribution is -0.121. The second kappa shape index (κ2) is 14.2. The molecular formula is C33H30N2O6. The first-order valence-corrected chi connectivity index (χ1v) is 12.8. The molecule has 8 heteroatoms. The van der Waals surface area contributed by atoms with Gasteiger partial charge in [0.15, 0.2) is 11.6 Å². The molecule has 0 saturated heterocycles. The number of allylic oxidation sites excluding steroid dienone is 2. The van der Waals surface area contributed by atoms with Gasteiger partial charge in [-0.05, 0) is 66.3 Å². The van der Waals surface area contributed by atoms with Gasteiger partial charge in [-0.2, -0.15) is 0 Å². The minimum Gasteiger partial charge on any atom is -0.496 e. The summed E-state index contributed by atoms with van der Waals surface area (Å²) in [5.74, 6) is 1.30. The van der Waals surface area contributed by atoms with Gasteiger partial charge < -0.3 is 18.9 Å². The summed E-state index contributed by atoms with van der Waals surface area (Å²) in [5.41, 5.74) is 3.29. The van der Waals surface area contributed by atoms with Crippen molar-refractivity contribution in [2.75, 3.05) is 14.2 Å². The molecule has 0 unspecified atom stereocenters. The Morgan fingerprint density at radius 2 is 1.24 bits per heavy atom. The predicted octanol–water partition coefficient (Wildman–Crippen LogP) is 5.80. The van der Waals surface area contributed by atoms with Crippen molar-refractivity contribution in [1.82, 2.24) is 9.97 Å². The Labute approximate surface area is 238 Å². The SMILES string of the molecule is C=CC(=O)CC(=O)C=C(c1ccc(OCc2ccccn2)cc1OC)c1ccc(OCc2ccccn2)cc1OC. The number of carbonyl (C=O) groups excluding carboxylic acids is 2. The average molecular weight is 551 g/mol. The molecule has 0 N–H and O–H groups in total. The van der Waals surface area contributed by atoms with Gasteiger partial charge in [0.1, 0.15) is 36.2 Å². The molecule has 0 aliphatic carbocycles. The zero-order valence-corrected chi connectivity index (χ0v) is 22.9. The summed E-state index contributed by atoms with van der Waals surface area (Å²) >= 11 is 0. The number of methoxy groups -OCH3 is 2. The standard InChI is InChI=1S/C33H30N2O6/c1-4-25(36)17-26(37)18-31(29-13-11-27(19-32(29)38-2)40-21-23-9-5-7-15-34-23)30-14-12-28(20-33(30)39-3)41-22-24-10-6-8-16-35-24/h4-16,18-20H,1,17,21-22H2,2-3H3. The van der Waals surface area contributed by atoms with Crippen LogP contribution in [0, 0.1) is 0 Å². The normalized spacial score (nSPS) is 10.3. The molecule has 0 amide bonds. The highest BCUT2D eigenvalue weighted by atomic mass is 16.5. The molecule has 2 aromatic carbocycles. The number of ketones is 2. The van der Waals surface area contributed by atoms with Crippen molar-refractivity contribution in [2.45, 2.75) is 19.6 Å². The molecule has 4 aromatic rings. The Morgan fingerprint density at radius 3 is 1.66 bits per heavy atom. The Balaban J connectivity index is 1.68. The van der Waals surface area contributed by atoms with Crippen LogP contribution in [0.3, 0.4) is 0 Å². The molecule has 0 aliphatic rings. The van der Waals surface area contributed by atoms with Crippen molar-refractivity contribution in [3.05, 3.63) is 126 Å². The quantitative estimate of drug-likeness (QED) is 0.144. The zero-order valence-electron chi connectivity index (χ0n) is 22.9. The Morgan fingerprint density at radius 1 is 0.732 bits per heavy atom. The summed E-state index contributed by atoms with van der Waals surface area (Å²) in [4.78, 5) is 33.4. The number of rotatable bonds is 14. The number of ether oxygens (including phenoxy) is 4. The van der Waals surface area contributed by atoms with E-state index in [1.54, 1.807) is 48.8 Å². The van der Waals surface area contributed by atoms with Crippen molar-refractivity contribution in [3.8, 4) is 23.0 Å². The number of hydrogen-bond acceptors (Lipinski definition) is 8. The van der Waals surface area contributed by atoms with Crippen molar-refractivity contribution >= 4 is 17.1 Å². The van der Waals surface area contributed by atoms with Gasteiger partial charge in [0.25, 0.3) is 0 Å². The minimum atomic E-state index is -0.389. The van der Waals surface area contributed by atoms with Crippen LogP contribution in [0.4, 0.5) is 0 Å². The topological polar surface area (TPSA) is 96.8 Å². The van der Waals surface area contributed by atoms with E-state index in [0.717, 1.165) is 17.5 Å². The first kappa shape index (κ1) is 28.8. The van der Waals surface area contributed by atoms with Crippen LogP contribution in [0.1, 0.15) is 28.9 Å². The van der Waals surface area contributed by atoms with Crippen LogP contribution in [0.15, 0.2) is 104 Å². The fourth-order valence-electron chi connectivity index (χ4n) is 4.01. The summed E-state index contributed by atoms with van der Waals surface area (Å²) in [5, 5.41) is 0. The van der Waals surface area contributed by atoms with Crippen LogP contribution >= 0.6 is 0 Å². The lowest BCUT2D eigenvalue weighted by atomic mass is 9.94. The molecule has 0 radical (unpaired) electrons. The molecule has 0 aliphatic heterocycles. The molecule has 2 aromatic heterocycles. The van der Waals surface area contributed by atoms with E-state index < -0.39 is 0 Å². The number of nitrogens with zero attached hydrogens (tertiary/aromatic N) is 2. The van der Waals surface area contributed by atoms with E-state index in [9.17, 15) is 9.59 Å². The molecule has 2 heterocycles. The average Bonchev–Trinajstić information content (AvgIpc) is 3.02. The highest BCUT2D eigenvalue weighted by molar-refractivity contribution is 6.12. The van der Waals surface area contributed by atoms with Gasteiger partial charge in [-0.3, -0.25) is 19.6 Å². The molecule has 0 saturated carbocycles. The maximum absolute atomic E-state index is 12.9. The van der Waals surface area contributed by atoms with Crippen LogP contribution in [0.5, 0.6) is 23.0 Å². The van der Waals surface area contributed by atoms with Gasteiger partial charge >= 0.3 is 0 Å². The molecule has 208 valence electrons. The van der Waals surface area contributed by atoms with Crippen LogP contribution < -0.4 is 18.9 Å². The van der Waals surface area contributed by atoms with Crippen LogP contribution in [0.25, 0.3) is 5.57 Å². The first-order valence-electron chi connectivity index (χ1n) is 12.8. The Hall–Kier alpha value is -5.24. The summed E-state index contributed by atoms with van der Waals surface area (Å²) in [6, 6.07) is 21.8. The van der Waals surface area contributed by atoms with E-state index in [-0.39, 0.29) is 31.2 Å². The smallest absolute Gasteiger partial charge is 0.164 e. The summed E-state index contributed by atoms with van der Waals surface area (Å²) in [6.07, 6.45) is 5.65. The predicted molar refractivity (Wildman–Crippen MR) is 155 cm³/mol. The third-order valence-corrected chi connectivity index (χ3v) is 6.03. The van der Waals surface area contributed by atoms with Crippen molar-refractivity contribution in [1.29, 1.82) is 0 Å². The molecule has 0 spiro atoms. The summed E-state index contributed by atoms with van der Waals surface area (Å²) in [7, 11) is 3.07. The number of pyridine rings is 2. The maximum atomic E-state index is 12.9. The minimum absolute atomic E-state index is 0.280. The van der Waals surface area contributed by atoms with Gasteiger partial charge in [-0.1, -0.05) is 18.7 Å². The molecule has 4 rings (SSSR count). The number of benzene rings is 2.